The van der Waals surface area contributed by atoms with Gasteiger partial charge in [-0.05, 0) is 0 Å². The molecule has 0 aromatic rings. The molecule has 0 bridgehead atoms. The fourth-order valence-corrected chi connectivity index (χ4v) is 13.1. The summed E-state index contributed by atoms with van der Waals surface area (Å²) >= 11 is -1.33. The maximum atomic E-state index is 10.6. The summed E-state index contributed by atoms with van der Waals surface area (Å²) in [7, 11) is 1.06. The normalized spacial score (nSPS) is 11.0. The van der Waals surface area contributed by atoms with Crippen molar-refractivity contribution in [2.75, 3.05) is 5.75 Å². The Kier molecular flexibility index (Phi) is 10.6. The summed E-state index contributed by atoms with van der Waals surface area (Å²) in [5, 5.41) is 0. The van der Waals surface area contributed by atoms with Gasteiger partial charge >= 0.3 is 117 Å². The SMILES string of the molecule is CC[Si](CC)(CC)CCC[S][Hg][O]C(C)=O. The van der Waals surface area contributed by atoms with Crippen LogP contribution in [0.15, 0.2) is 0 Å². The van der Waals surface area contributed by atoms with E-state index in [0.717, 1.165) is 0 Å². The Labute approximate surface area is 117 Å². The molecule has 92 valence electrons. The molecule has 0 saturated heterocycles. The third kappa shape index (κ3) is 7.33. The first-order valence-corrected chi connectivity index (χ1v) is 19.3. The third-order valence-electron chi connectivity index (χ3n) is 3.59. The van der Waals surface area contributed by atoms with Crippen LogP contribution in [0.5, 0.6) is 0 Å². The summed E-state index contributed by atoms with van der Waals surface area (Å²) in [6, 6.07) is 5.76. The molecule has 0 atom stereocenters. The summed E-state index contributed by atoms with van der Waals surface area (Å²) < 4.78 is 5.11. The van der Waals surface area contributed by atoms with E-state index in [4.69, 9.17) is 2.64 Å². The molecule has 0 radical (unpaired) electrons. The summed E-state index contributed by atoms with van der Waals surface area (Å²) in [4.78, 5) is 10.6. The van der Waals surface area contributed by atoms with E-state index in [1.54, 1.807) is 0 Å². The second-order valence-electron chi connectivity index (χ2n) is 4.33. The number of rotatable bonds is 9. The Morgan fingerprint density at radius 2 is 1.81 bits per heavy atom. The van der Waals surface area contributed by atoms with Crippen LogP contribution in [0.3, 0.4) is 0 Å². The van der Waals surface area contributed by atoms with Gasteiger partial charge in [0, 0.05) is 0 Å². The third-order valence-corrected chi connectivity index (χ3v) is 18.6. The first-order valence-electron chi connectivity index (χ1n) is 6.31. The van der Waals surface area contributed by atoms with Crippen LogP contribution < -0.4 is 0 Å². The van der Waals surface area contributed by atoms with E-state index in [-0.39, 0.29) is 5.97 Å². The van der Waals surface area contributed by atoms with Gasteiger partial charge in [-0.15, -0.1) is 0 Å². The van der Waals surface area contributed by atoms with Crippen molar-refractivity contribution in [1.82, 2.24) is 0 Å². The molecular weight excluding hydrogens is 425 g/mol. The van der Waals surface area contributed by atoms with Crippen LogP contribution in [0.4, 0.5) is 0 Å². The molecule has 2 nitrogen and oxygen atoms in total. The van der Waals surface area contributed by atoms with Crippen molar-refractivity contribution >= 4 is 22.3 Å². The zero-order valence-electron chi connectivity index (χ0n) is 11.2. The molecule has 0 aromatic carbocycles. The van der Waals surface area contributed by atoms with Gasteiger partial charge in [0.25, 0.3) is 0 Å². The van der Waals surface area contributed by atoms with E-state index in [0.29, 0.717) is 0 Å². The van der Waals surface area contributed by atoms with Gasteiger partial charge in [-0.3, -0.25) is 0 Å². The molecule has 0 N–H and O–H groups in total. The van der Waals surface area contributed by atoms with Gasteiger partial charge in [0.05, 0.1) is 0 Å². The second kappa shape index (κ2) is 9.95. The number of carbonyl (C=O) groups excluding carboxylic acids is 1. The molecule has 16 heavy (non-hydrogen) atoms. The Bertz CT molecular complexity index is 190. The predicted molar refractivity (Wildman–Crippen MR) is 70.8 cm³/mol. The molecule has 0 aromatic heterocycles. The van der Waals surface area contributed by atoms with Crippen molar-refractivity contribution in [3.63, 3.8) is 0 Å². The summed E-state index contributed by atoms with van der Waals surface area (Å²) in [5.41, 5.74) is 0. The molecule has 0 aliphatic carbocycles. The average Bonchev–Trinajstić information content (AvgIpc) is 2.29. The van der Waals surface area contributed by atoms with Crippen LogP contribution >= 0.6 is 8.24 Å². The van der Waals surface area contributed by atoms with Gasteiger partial charge in [-0.25, -0.2) is 0 Å². The first kappa shape index (κ1) is 17.0. The molecule has 0 rings (SSSR count). The van der Waals surface area contributed by atoms with Crippen LogP contribution in [-0.4, -0.2) is 19.8 Å². The monoisotopic (exact) mass is 450 g/mol. The number of hydrogen-bond donors (Lipinski definition) is 0. The van der Waals surface area contributed by atoms with Crippen molar-refractivity contribution in [3.05, 3.63) is 0 Å². The zero-order chi connectivity index (χ0) is 12.4. The van der Waals surface area contributed by atoms with Crippen LogP contribution in [0.2, 0.25) is 24.2 Å². The molecule has 0 unspecified atom stereocenters. The van der Waals surface area contributed by atoms with Crippen molar-refractivity contribution in [1.29, 1.82) is 0 Å². The van der Waals surface area contributed by atoms with Crippen molar-refractivity contribution in [3.8, 4) is 0 Å². The molecule has 0 fully saturated rings. The molecule has 0 aliphatic heterocycles. The Morgan fingerprint density at radius 3 is 2.25 bits per heavy atom. The van der Waals surface area contributed by atoms with Gasteiger partial charge in [0.15, 0.2) is 0 Å². The van der Waals surface area contributed by atoms with Crippen molar-refractivity contribution < 1.29 is 31.0 Å². The summed E-state index contributed by atoms with van der Waals surface area (Å²) in [6.07, 6.45) is 1.34. The minimum atomic E-state index is -1.33. The van der Waals surface area contributed by atoms with E-state index in [1.807, 2.05) is 8.24 Å². The number of hydrogen-bond acceptors (Lipinski definition) is 3. The maximum absolute atomic E-state index is 10.6. The van der Waals surface area contributed by atoms with E-state index in [2.05, 4.69) is 20.8 Å². The van der Waals surface area contributed by atoms with Gasteiger partial charge in [0.1, 0.15) is 0 Å². The average molecular weight is 449 g/mol. The quantitative estimate of drug-likeness (QED) is 0.392. The van der Waals surface area contributed by atoms with Crippen LogP contribution in [0.25, 0.3) is 0 Å². The minimum absolute atomic E-state index is 0.0754. The fraction of sp³-hybridized carbons (Fsp3) is 0.909. The Balaban J connectivity index is 3.59. The Morgan fingerprint density at radius 1 is 1.25 bits per heavy atom. The van der Waals surface area contributed by atoms with E-state index in [1.165, 1.54) is 43.3 Å². The van der Waals surface area contributed by atoms with Crippen LogP contribution in [-0.2, 0) is 31.0 Å². The number of carbonyl (C=O) groups is 1. The standard InChI is InChI=1S/C9H22SSi.C2H4O2.Hg/c1-4-11(5-2,6-3)9-7-8-10;1-2(3)4;/h10H,4-9H2,1-3H3;1H3,(H,3,4);/q;;+2/p-2. The van der Waals surface area contributed by atoms with Gasteiger partial charge in [-0.2, -0.15) is 0 Å². The zero-order valence-corrected chi connectivity index (χ0v) is 18.5. The summed E-state index contributed by atoms with van der Waals surface area (Å²) in [6.45, 7) is 8.62. The Hall–Kier alpha value is 0.972. The van der Waals surface area contributed by atoms with Crippen LogP contribution in [0, 0.1) is 0 Å². The van der Waals surface area contributed by atoms with Gasteiger partial charge in [0.2, 0.25) is 0 Å². The topological polar surface area (TPSA) is 26.3 Å². The molecule has 0 saturated carbocycles. The summed E-state index contributed by atoms with van der Waals surface area (Å²) in [5.74, 6) is 1.15. The molecule has 0 amide bonds. The first-order chi connectivity index (χ1) is 7.60. The van der Waals surface area contributed by atoms with E-state index in [9.17, 15) is 4.79 Å². The van der Waals surface area contributed by atoms with E-state index >= 15 is 0 Å². The molecule has 0 aliphatic rings. The van der Waals surface area contributed by atoms with Crippen molar-refractivity contribution in [2.45, 2.75) is 58.3 Å². The predicted octanol–water partition coefficient (Wildman–Crippen LogP) is 4.09. The van der Waals surface area contributed by atoms with Gasteiger partial charge < -0.3 is 0 Å². The van der Waals surface area contributed by atoms with Gasteiger partial charge in [-0.1, -0.05) is 0 Å². The van der Waals surface area contributed by atoms with E-state index < -0.39 is 31.6 Å². The molecule has 5 heteroatoms. The molecule has 0 heterocycles. The van der Waals surface area contributed by atoms with Crippen molar-refractivity contribution in [2.24, 2.45) is 0 Å². The molecule has 0 spiro atoms. The van der Waals surface area contributed by atoms with Crippen LogP contribution in [0.1, 0.15) is 34.1 Å². The molecular formula is C11H24HgO2SSi. The fourth-order valence-electron chi connectivity index (χ4n) is 2.01. The second-order valence-corrected chi connectivity index (χ2v) is 19.6.